The second-order valence-corrected chi connectivity index (χ2v) is 5.92. The second kappa shape index (κ2) is 5.56. The number of carbonyl (C=O) groups is 2. The van der Waals surface area contributed by atoms with Crippen molar-refractivity contribution in [2.45, 2.75) is 33.3 Å². The molecule has 0 saturated heterocycles. The van der Waals surface area contributed by atoms with Crippen LogP contribution in [0.2, 0.25) is 0 Å². The van der Waals surface area contributed by atoms with Crippen molar-refractivity contribution in [3.8, 4) is 0 Å². The normalized spacial score (nSPS) is 11.2. The van der Waals surface area contributed by atoms with E-state index in [9.17, 15) is 9.59 Å². The number of amides is 1. The summed E-state index contributed by atoms with van der Waals surface area (Å²) in [5.41, 5.74) is 0.775. The number of nitrogens with one attached hydrogen (secondary N) is 1. The summed E-state index contributed by atoms with van der Waals surface area (Å²) < 4.78 is 5.21. The molecule has 0 atom stereocenters. The predicted octanol–water partition coefficient (Wildman–Crippen LogP) is 4.39. The van der Waals surface area contributed by atoms with Gasteiger partial charge < -0.3 is 4.74 Å². The minimum atomic E-state index is -0.539. The Balaban J connectivity index is 2.28. The first-order valence-electron chi connectivity index (χ1n) is 6.80. The first-order valence-corrected chi connectivity index (χ1v) is 6.80. The quantitative estimate of drug-likeness (QED) is 0.832. The Bertz CT molecular complexity index is 699. The number of ether oxygens (including phenoxy) is 1. The van der Waals surface area contributed by atoms with E-state index < -0.39 is 11.7 Å². The van der Waals surface area contributed by atoms with E-state index in [2.05, 4.69) is 5.32 Å². The fourth-order valence-corrected chi connectivity index (χ4v) is 2.09. The highest BCUT2D eigenvalue weighted by molar-refractivity contribution is 6.07. The van der Waals surface area contributed by atoms with E-state index in [0.717, 1.165) is 10.8 Å². The lowest BCUT2D eigenvalue weighted by atomic mass is 10.0. The number of carbonyl (C=O) groups excluding carboxylic acids is 2. The molecule has 21 heavy (non-hydrogen) atoms. The summed E-state index contributed by atoms with van der Waals surface area (Å²) in [6.45, 7) is 6.98. The van der Waals surface area contributed by atoms with Crippen LogP contribution in [0.4, 0.5) is 10.5 Å². The highest BCUT2D eigenvalue weighted by Gasteiger charge is 2.16. The van der Waals surface area contributed by atoms with Gasteiger partial charge in [0, 0.05) is 11.3 Å². The van der Waals surface area contributed by atoms with Crippen molar-refractivity contribution in [3.63, 3.8) is 0 Å². The van der Waals surface area contributed by atoms with Crippen LogP contribution < -0.4 is 5.32 Å². The average Bonchev–Trinajstić information content (AvgIpc) is 2.35. The maximum Gasteiger partial charge on any atom is 0.412 e. The summed E-state index contributed by atoms with van der Waals surface area (Å²) >= 11 is 0. The molecule has 1 N–H and O–H groups in total. The first-order chi connectivity index (χ1) is 9.76. The molecular weight excluding hydrogens is 266 g/mol. The van der Waals surface area contributed by atoms with Crippen molar-refractivity contribution in [3.05, 3.63) is 42.0 Å². The lowest BCUT2D eigenvalue weighted by Gasteiger charge is -2.19. The third-order valence-electron chi connectivity index (χ3n) is 2.90. The molecule has 1 amide bonds. The lowest BCUT2D eigenvalue weighted by Crippen LogP contribution is -2.27. The van der Waals surface area contributed by atoms with Crippen LogP contribution in [0.1, 0.15) is 38.1 Å². The number of fused-ring (bicyclic) bond motifs is 1. The zero-order valence-electron chi connectivity index (χ0n) is 12.7. The van der Waals surface area contributed by atoms with Crippen LogP contribution in [-0.4, -0.2) is 17.5 Å². The molecule has 2 aromatic rings. The van der Waals surface area contributed by atoms with E-state index in [1.54, 1.807) is 19.1 Å². The van der Waals surface area contributed by atoms with Gasteiger partial charge >= 0.3 is 6.09 Å². The summed E-state index contributed by atoms with van der Waals surface area (Å²) in [4.78, 5) is 23.3. The van der Waals surface area contributed by atoms with Crippen molar-refractivity contribution >= 4 is 28.3 Å². The number of ketones is 1. The predicted molar refractivity (Wildman–Crippen MR) is 83.8 cm³/mol. The third kappa shape index (κ3) is 3.81. The van der Waals surface area contributed by atoms with Crippen molar-refractivity contribution in [1.29, 1.82) is 0 Å². The summed E-state index contributed by atoms with van der Waals surface area (Å²) in [5, 5.41) is 4.47. The Morgan fingerprint density at radius 2 is 1.81 bits per heavy atom. The van der Waals surface area contributed by atoms with Gasteiger partial charge in [-0.2, -0.15) is 0 Å². The number of rotatable bonds is 2. The van der Waals surface area contributed by atoms with Gasteiger partial charge in [-0.15, -0.1) is 0 Å². The molecule has 0 saturated carbocycles. The van der Waals surface area contributed by atoms with Crippen LogP contribution >= 0.6 is 0 Å². The number of benzene rings is 2. The molecule has 0 aliphatic rings. The van der Waals surface area contributed by atoms with Crippen LogP contribution in [-0.2, 0) is 4.74 Å². The zero-order chi connectivity index (χ0) is 15.6. The largest absolute Gasteiger partial charge is 0.444 e. The van der Waals surface area contributed by atoms with Gasteiger partial charge in [-0.25, -0.2) is 4.79 Å². The van der Waals surface area contributed by atoms with E-state index in [4.69, 9.17) is 4.74 Å². The zero-order valence-corrected chi connectivity index (χ0v) is 12.7. The molecule has 0 radical (unpaired) electrons. The molecule has 2 rings (SSSR count). The Kier molecular flexibility index (Phi) is 3.98. The molecule has 4 heteroatoms. The smallest absolute Gasteiger partial charge is 0.412 e. The van der Waals surface area contributed by atoms with Crippen LogP contribution in [0.3, 0.4) is 0 Å². The summed E-state index contributed by atoms with van der Waals surface area (Å²) in [5.74, 6) is 0.0217. The Labute approximate surface area is 124 Å². The van der Waals surface area contributed by atoms with Crippen molar-refractivity contribution < 1.29 is 14.3 Å². The van der Waals surface area contributed by atoms with Gasteiger partial charge in [0.1, 0.15) is 5.60 Å². The van der Waals surface area contributed by atoms with Crippen molar-refractivity contribution in [2.24, 2.45) is 0 Å². The Hall–Kier alpha value is -2.36. The minimum Gasteiger partial charge on any atom is -0.444 e. The lowest BCUT2D eigenvalue weighted by molar-refractivity contribution is 0.0635. The highest BCUT2D eigenvalue weighted by Crippen LogP contribution is 2.23. The van der Waals surface area contributed by atoms with Gasteiger partial charge in [0.2, 0.25) is 0 Å². The second-order valence-electron chi connectivity index (χ2n) is 5.92. The van der Waals surface area contributed by atoms with E-state index in [1.807, 2.05) is 45.0 Å². The molecule has 0 unspecified atom stereocenters. The molecule has 0 fully saturated rings. The van der Waals surface area contributed by atoms with Gasteiger partial charge in [0.05, 0.1) is 0 Å². The SMILES string of the molecule is CC(=O)c1cccc2cc(NC(=O)OC(C)(C)C)ccc12. The molecule has 0 aliphatic heterocycles. The third-order valence-corrected chi connectivity index (χ3v) is 2.90. The van der Waals surface area contributed by atoms with E-state index in [1.165, 1.54) is 0 Å². The summed E-state index contributed by atoms with van der Waals surface area (Å²) in [7, 11) is 0. The maximum atomic E-state index is 11.8. The van der Waals surface area contributed by atoms with Gasteiger partial charge in [-0.1, -0.05) is 24.3 Å². The number of anilines is 1. The van der Waals surface area contributed by atoms with Crippen LogP contribution in [0.15, 0.2) is 36.4 Å². The van der Waals surface area contributed by atoms with Gasteiger partial charge in [0.25, 0.3) is 0 Å². The minimum absolute atomic E-state index is 0.0217. The number of Topliss-reactive ketones (excluding diaryl/α,β-unsaturated/α-hetero) is 1. The van der Waals surface area contributed by atoms with Crippen LogP contribution in [0, 0.1) is 0 Å². The standard InChI is InChI=1S/C17H19NO3/c1-11(19)14-7-5-6-12-10-13(8-9-15(12)14)18-16(20)21-17(2,3)4/h5-10H,1-4H3,(H,18,20). The molecular formula is C17H19NO3. The van der Waals surface area contributed by atoms with Gasteiger partial charge in [-0.3, -0.25) is 10.1 Å². The van der Waals surface area contributed by atoms with Crippen LogP contribution in [0.5, 0.6) is 0 Å². The maximum absolute atomic E-state index is 11.8. The average molecular weight is 285 g/mol. The summed E-state index contributed by atoms with van der Waals surface area (Å²) in [6.07, 6.45) is -0.496. The van der Waals surface area contributed by atoms with E-state index >= 15 is 0 Å². The molecule has 0 heterocycles. The fraction of sp³-hybridized carbons (Fsp3) is 0.294. The molecule has 0 bridgehead atoms. The monoisotopic (exact) mass is 285 g/mol. The number of hydrogen-bond acceptors (Lipinski definition) is 3. The molecule has 0 aliphatic carbocycles. The topological polar surface area (TPSA) is 55.4 Å². The van der Waals surface area contributed by atoms with E-state index in [0.29, 0.717) is 11.3 Å². The molecule has 0 spiro atoms. The fourth-order valence-electron chi connectivity index (χ4n) is 2.09. The molecule has 110 valence electrons. The van der Waals surface area contributed by atoms with Crippen molar-refractivity contribution in [2.75, 3.05) is 5.32 Å². The van der Waals surface area contributed by atoms with Gasteiger partial charge in [-0.05, 0) is 50.6 Å². The Morgan fingerprint density at radius 1 is 1.10 bits per heavy atom. The Morgan fingerprint density at radius 3 is 2.43 bits per heavy atom. The van der Waals surface area contributed by atoms with Crippen LogP contribution in [0.25, 0.3) is 10.8 Å². The molecule has 0 aromatic heterocycles. The van der Waals surface area contributed by atoms with Gasteiger partial charge in [0.15, 0.2) is 5.78 Å². The molecule has 4 nitrogen and oxygen atoms in total. The number of hydrogen-bond donors (Lipinski definition) is 1. The highest BCUT2D eigenvalue weighted by atomic mass is 16.6. The van der Waals surface area contributed by atoms with E-state index in [-0.39, 0.29) is 5.78 Å². The van der Waals surface area contributed by atoms with Crippen molar-refractivity contribution in [1.82, 2.24) is 0 Å². The summed E-state index contributed by atoms with van der Waals surface area (Å²) in [6, 6.07) is 11.0. The first kappa shape index (κ1) is 15.0. The molecule has 2 aromatic carbocycles.